The summed E-state index contributed by atoms with van der Waals surface area (Å²) in [6.45, 7) is 4.14. The van der Waals surface area contributed by atoms with Crippen molar-refractivity contribution >= 4 is 11.9 Å². The van der Waals surface area contributed by atoms with E-state index < -0.39 is 6.10 Å². The number of ether oxygens (including phenoxy) is 2. The van der Waals surface area contributed by atoms with Gasteiger partial charge >= 0.3 is 11.9 Å². The van der Waals surface area contributed by atoms with Gasteiger partial charge in [-0.15, -0.1) is 0 Å². The van der Waals surface area contributed by atoms with Crippen molar-refractivity contribution in [3.8, 4) is 0 Å². The van der Waals surface area contributed by atoms with Crippen LogP contribution in [0.15, 0.2) is 24.3 Å². The van der Waals surface area contributed by atoms with E-state index in [-0.39, 0.29) is 25.2 Å². The van der Waals surface area contributed by atoms with E-state index in [9.17, 15) is 14.7 Å². The van der Waals surface area contributed by atoms with Crippen LogP contribution in [0.4, 0.5) is 0 Å². The highest BCUT2D eigenvalue weighted by Crippen LogP contribution is 2.15. The molecule has 306 valence electrons. The first-order valence-corrected chi connectivity index (χ1v) is 22.9. The van der Waals surface area contributed by atoms with E-state index in [1.165, 1.54) is 173 Å². The lowest BCUT2D eigenvalue weighted by Gasteiger charge is -2.15. The molecule has 0 aliphatic carbocycles. The minimum absolute atomic E-state index is 0.0819. The second-order valence-electron chi connectivity index (χ2n) is 15.5. The molecule has 0 aliphatic rings. The average Bonchev–Trinajstić information content (AvgIpc) is 3.15. The van der Waals surface area contributed by atoms with E-state index in [1.54, 1.807) is 0 Å². The number of unbranched alkanes of at least 4 members (excludes halogenated alkanes) is 30. The van der Waals surface area contributed by atoms with Crippen LogP contribution in [-0.2, 0) is 19.1 Å². The molecule has 0 aromatic rings. The van der Waals surface area contributed by atoms with Crippen LogP contribution in [-0.4, -0.2) is 36.4 Å². The predicted octanol–water partition coefficient (Wildman–Crippen LogP) is 14.6. The van der Waals surface area contributed by atoms with Gasteiger partial charge in [0.25, 0.3) is 0 Å². The fourth-order valence-corrected chi connectivity index (χ4v) is 6.75. The topological polar surface area (TPSA) is 72.8 Å². The number of hydrogen-bond donors (Lipinski definition) is 1. The van der Waals surface area contributed by atoms with Crippen LogP contribution in [0.3, 0.4) is 0 Å². The highest BCUT2D eigenvalue weighted by molar-refractivity contribution is 5.70. The van der Waals surface area contributed by atoms with E-state index in [2.05, 4.69) is 38.2 Å². The van der Waals surface area contributed by atoms with Gasteiger partial charge in [-0.25, -0.2) is 0 Å². The van der Waals surface area contributed by atoms with Gasteiger partial charge in [-0.1, -0.05) is 212 Å². The molecule has 0 aliphatic heterocycles. The highest BCUT2D eigenvalue weighted by atomic mass is 16.6. The minimum atomic E-state index is -0.782. The lowest BCUT2D eigenvalue weighted by atomic mass is 10.0. The van der Waals surface area contributed by atoms with E-state index in [1.807, 2.05) is 0 Å². The molecule has 0 spiro atoms. The Bertz CT molecular complexity index is 791. The average molecular weight is 733 g/mol. The second-order valence-corrected chi connectivity index (χ2v) is 15.5. The zero-order valence-corrected chi connectivity index (χ0v) is 34.8. The number of rotatable bonds is 42. The van der Waals surface area contributed by atoms with Gasteiger partial charge in [-0.3, -0.25) is 9.59 Å². The third-order valence-electron chi connectivity index (χ3n) is 10.2. The summed E-state index contributed by atoms with van der Waals surface area (Å²) in [5.74, 6) is -0.628. The highest BCUT2D eigenvalue weighted by Gasteiger charge is 2.16. The van der Waals surface area contributed by atoms with Gasteiger partial charge in [0, 0.05) is 12.8 Å². The van der Waals surface area contributed by atoms with Crippen molar-refractivity contribution in [2.75, 3.05) is 13.2 Å². The molecule has 0 fully saturated rings. The van der Waals surface area contributed by atoms with E-state index >= 15 is 0 Å². The van der Waals surface area contributed by atoms with Crippen LogP contribution < -0.4 is 0 Å². The van der Waals surface area contributed by atoms with Crippen LogP contribution in [0.1, 0.15) is 245 Å². The monoisotopic (exact) mass is 733 g/mol. The molecule has 0 amide bonds. The first-order chi connectivity index (χ1) is 25.6. The summed E-state index contributed by atoms with van der Waals surface area (Å²) in [7, 11) is 0. The maximum absolute atomic E-state index is 12.2. The number of carbonyl (C=O) groups excluding carboxylic acids is 2. The fraction of sp³-hybridized carbons (Fsp3) is 0.872. The Morgan fingerprint density at radius 3 is 1.15 bits per heavy atom. The standard InChI is InChI=1S/C47H88O5/c1-3-5-7-9-11-13-15-17-19-20-21-22-23-24-25-26-28-29-31-33-35-37-39-41-46(49)51-44-45(43-48)52-47(50)42-40-38-36-34-32-30-27-18-16-14-12-10-8-6-4-2/h26,28,33,35,45,48H,3-25,27,29-32,34,36-44H2,1-2H3/b28-26+,35-33+/t45-/m0/s1. The Hall–Kier alpha value is -1.62. The number of aliphatic hydroxyl groups is 1. The molecule has 0 rings (SSSR count). The minimum Gasteiger partial charge on any atom is -0.462 e. The van der Waals surface area contributed by atoms with Crippen LogP contribution in [0.5, 0.6) is 0 Å². The molecule has 5 heteroatoms. The zero-order chi connectivity index (χ0) is 37.8. The van der Waals surface area contributed by atoms with Crippen molar-refractivity contribution in [1.82, 2.24) is 0 Å². The third-order valence-corrected chi connectivity index (χ3v) is 10.2. The smallest absolute Gasteiger partial charge is 0.306 e. The summed E-state index contributed by atoms with van der Waals surface area (Å²) in [6.07, 6.45) is 52.7. The molecule has 0 bridgehead atoms. The van der Waals surface area contributed by atoms with Gasteiger partial charge in [0.2, 0.25) is 0 Å². The Balaban J connectivity index is 3.53. The Labute approximate surface area is 323 Å². The molecule has 0 saturated carbocycles. The van der Waals surface area contributed by atoms with Crippen molar-refractivity contribution in [3.63, 3.8) is 0 Å². The van der Waals surface area contributed by atoms with E-state index in [0.29, 0.717) is 12.8 Å². The quantitative estimate of drug-likeness (QED) is 0.0384. The summed E-state index contributed by atoms with van der Waals surface area (Å²) >= 11 is 0. The van der Waals surface area contributed by atoms with Crippen molar-refractivity contribution in [3.05, 3.63) is 24.3 Å². The number of allylic oxidation sites excluding steroid dienone is 4. The SMILES string of the molecule is CCCCCCCCCCCCCCCC/C=C/CC/C=C/CCCC(=O)OC[C@H](CO)OC(=O)CCCCCCCCCCCCCCCCC. The zero-order valence-electron chi connectivity index (χ0n) is 34.8. The maximum Gasteiger partial charge on any atom is 0.306 e. The molecular formula is C47H88O5. The largest absolute Gasteiger partial charge is 0.462 e. The number of hydrogen-bond acceptors (Lipinski definition) is 5. The van der Waals surface area contributed by atoms with E-state index in [4.69, 9.17) is 9.47 Å². The molecule has 52 heavy (non-hydrogen) atoms. The third kappa shape index (κ3) is 41.1. The van der Waals surface area contributed by atoms with Crippen LogP contribution in [0.25, 0.3) is 0 Å². The fourth-order valence-electron chi connectivity index (χ4n) is 6.75. The first-order valence-electron chi connectivity index (χ1n) is 22.9. The Kier molecular flexibility index (Phi) is 42.4. The number of aliphatic hydroxyl groups excluding tert-OH is 1. The van der Waals surface area contributed by atoms with Crippen molar-refractivity contribution in [1.29, 1.82) is 0 Å². The summed E-state index contributed by atoms with van der Waals surface area (Å²) in [6, 6.07) is 0. The second kappa shape index (κ2) is 43.8. The van der Waals surface area contributed by atoms with Gasteiger partial charge in [-0.2, -0.15) is 0 Å². The summed E-state index contributed by atoms with van der Waals surface area (Å²) in [5, 5.41) is 9.58. The Morgan fingerprint density at radius 1 is 0.423 bits per heavy atom. The molecule has 0 saturated heterocycles. The van der Waals surface area contributed by atoms with Gasteiger partial charge in [0.05, 0.1) is 6.61 Å². The molecule has 0 aromatic heterocycles. The van der Waals surface area contributed by atoms with Crippen molar-refractivity contribution < 1.29 is 24.2 Å². The van der Waals surface area contributed by atoms with Gasteiger partial charge < -0.3 is 14.6 Å². The summed E-state index contributed by atoms with van der Waals surface area (Å²) in [4.78, 5) is 24.3. The Morgan fingerprint density at radius 2 is 0.750 bits per heavy atom. The van der Waals surface area contributed by atoms with Crippen molar-refractivity contribution in [2.24, 2.45) is 0 Å². The number of carbonyl (C=O) groups is 2. The molecular weight excluding hydrogens is 645 g/mol. The predicted molar refractivity (Wildman–Crippen MR) is 224 cm³/mol. The summed E-state index contributed by atoms with van der Waals surface area (Å²) < 4.78 is 10.6. The van der Waals surface area contributed by atoms with Gasteiger partial charge in [-0.05, 0) is 44.9 Å². The number of esters is 2. The molecule has 0 heterocycles. The van der Waals surface area contributed by atoms with Crippen LogP contribution in [0.2, 0.25) is 0 Å². The van der Waals surface area contributed by atoms with Gasteiger partial charge in [0.15, 0.2) is 6.10 Å². The molecule has 1 N–H and O–H groups in total. The normalized spacial score (nSPS) is 12.3. The van der Waals surface area contributed by atoms with E-state index in [0.717, 1.165) is 44.9 Å². The molecule has 0 aromatic carbocycles. The van der Waals surface area contributed by atoms with Crippen LogP contribution >= 0.6 is 0 Å². The summed E-state index contributed by atoms with van der Waals surface area (Å²) in [5.41, 5.74) is 0. The van der Waals surface area contributed by atoms with Gasteiger partial charge in [0.1, 0.15) is 6.61 Å². The molecule has 1 atom stereocenters. The maximum atomic E-state index is 12.2. The molecule has 5 nitrogen and oxygen atoms in total. The van der Waals surface area contributed by atoms with Crippen molar-refractivity contribution in [2.45, 2.75) is 251 Å². The molecule has 0 unspecified atom stereocenters. The molecule has 0 radical (unpaired) electrons. The first kappa shape index (κ1) is 50.4. The van der Waals surface area contributed by atoms with Crippen LogP contribution in [0, 0.1) is 0 Å². The lowest BCUT2D eigenvalue weighted by Crippen LogP contribution is -2.28. The lowest BCUT2D eigenvalue weighted by molar-refractivity contribution is -0.161.